The zero-order chi connectivity index (χ0) is 25.3. The van der Waals surface area contributed by atoms with Crippen LogP contribution in [0.4, 0.5) is 5.69 Å². The van der Waals surface area contributed by atoms with E-state index < -0.39 is 5.97 Å². The zero-order valence-electron chi connectivity index (χ0n) is 20.2. The number of amides is 1. The summed E-state index contributed by atoms with van der Waals surface area (Å²) in [6.45, 7) is 1.90. The van der Waals surface area contributed by atoms with Crippen LogP contribution in [0.1, 0.15) is 45.5 Å². The van der Waals surface area contributed by atoms with Crippen molar-refractivity contribution >= 4 is 29.3 Å². The van der Waals surface area contributed by atoms with Crippen molar-refractivity contribution in [3.05, 3.63) is 131 Å². The summed E-state index contributed by atoms with van der Waals surface area (Å²) in [4.78, 5) is 25.9. The molecule has 1 atom stereocenters. The molecule has 0 aliphatic rings. The Balaban J connectivity index is 1.38. The number of aromatic carboxylic acids is 1. The van der Waals surface area contributed by atoms with Gasteiger partial charge in [-0.2, -0.15) is 0 Å². The van der Waals surface area contributed by atoms with Crippen LogP contribution in [0, 0.1) is 0 Å². The Kier molecular flexibility index (Phi) is 8.58. The van der Waals surface area contributed by atoms with Gasteiger partial charge in [0.25, 0.3) is 0 Å². The molecule has 4 nitrogen and oxygen atoms in total. The Bertz CT molecular complexity index is 1320. The highest BCUT2D eigenvalue weighted by Crippen LogP contribution is 2.26. The van der Waals surface area contributed by atoms with Crippen LogP contribution in [0.3, 0.4) is 0 Å². The summed E-state index contributed by atoms with van der Waals surface area (Å²) in [5, 5.41) is 12.6. The second kappa shape index (κ2) is 12.2. The third-order valence-electron chi connectivity index (χ3n) is 6.18. The Hall–Kier alpha value is -3.83. The highest BCUT2D eigenvalue weighted by Gasteiger charge is 2.18. The van der Waals surface area contributed by atoms with Crippen LogP contribution < -0.4 is 5.32 Å². The lowest BCUT2D eigenvalue weighted by Gasteiger charge is -2.16. The van der Waals surface area contributed by atoms with E-state index in [0.29, 0.717) is 17.7 Å². The minimum atomic E-state index is -0.956. The van der Waals surface area contributed by atoms with Gasteiger partial charge in [-0.3, -0.25) is 4.79 Å². The number of nitrogens with one attached hydrogen (secondary N) is 1. The van der Waals surface area contributed by atoms with Crippen LogP contribution >= 0.6 is 11.8 Å². The summed E-state index contributed by atoms with van der Waals surface area (Å²) in [6, 6.07) is 33.1. The number of para-hydroxylation sites is 1. The van der Waals surface area contributed by atoms with E-state index in [4.69, 9.17) is 0 Å². The van der Waals surface area contributed by atoms with Crippen LogP contribution in [0.15, 0.2) is 108 Å². The highest BCUT2D eigenvalue weighted by molar-refractivity contribution is 7.99. The van der Waals surface area contributed by atoms with Gasteiger partial charge in [-0.1, -0.05) is 78.9 Å². The van der Waals surface area contributed by atoms with Crippen molar-refractivity contribution in [2.24, 2.45) is 0 Å². The fourth-order valence-corrected chi connectivity index (χ4v) is 4.96. The molecule has 0 aromatic heterocycles. The summed E-state index contributed by atoms with van der Waals surface area (Å²) in [6.07, 6.45) is 1.44. The molecule has 0 saturated heterocycles. The number of carboxylic acids is 1. The first-order valence-electron chi connectivity index (χ1n) is 12.0. The molecule has 36 heavy (non-hydrogen) atoms. The predicted molar refractivity (Wildman–Crippen MR) is 147 cm³/mol. The number of carbonyl (C=O) groups is 2. The van der Waals surface area contributed by atoms with Gasteiger partial charge in [0.05, 0.1) is 11.5 Å². The van der Waals surface area contributed by atoms with Crippen molar-refractivity contribution in [2.75, 3.05) is 11.1 Å². The number of carbonyl (C=O) groups excluding carboxylic acids is 1. The molecule has 0 bridgehead atoms. The lowest BCUT2D eigenvalue weighted by Crippen LogP contribution is -2.19. The van der Waals surface area contributed by atoms with E-state index in [1.54, 1.807) is 12.1 Å². The molecule has 0 spiro atoms. The summed E-state index contributed by atoms with van der Waals surface area (Å²) in [5.41, 5.74) is 4.83. The van der Waals surface area contributed by atoms with E-state index in [-0.39, 0.29) is 17.4 Å². The van der Waals surface area contributed by atoms with Gasteiger partial charge in [-0.15, -0.1) is 11.8 Å². The Morgan fingerprint density at radius 3 is 2.17 bits per heavy atom. The quantitative estimate of drug-likeness (QED) is 0.231. The zero-order valence-corrected chi connectivity index (χ0v) is 21.0. The number of benzene rings is 4. The van der Waals surface area contributed by atoms with Gasteiger partial charge in [0.2, 0.25) is 5.91 Å². The van der Waals surface area contributed by atoms with Gasteiger partial charge < -0.3 is 10.4 Å². The van der Waals surface area contributed by atoms with Crippen LogP contribution in [-0.2, 0) is 17.6 Å². The van der Waals surface area contributed by atoms with Crippen molar-refractivity contribution in [1.82, 2.24) is 0 Å². The Labute approximate surface area is 216 Å². The topological polar surface area (TPSA) is 66.4 Å². The lowest BCUT2D eigenvalue weighted by molar-refractivity contribution is -0.117. The van der Waals surface area contributed by atoms with Crippen molar-refractivity contribution in [3.8, 4) is 0 Å². The second-order valence-electron chi connectivity index (χ2n) is 8.66. The fraction of sp³-hybridized carbons (Fsp3) is 0.161. The maximum absolute atomic E-state index is 13.1. The summed E-state index contributed by atoms with van der Waals surface area (Å²) in [5.74, 6) is -0.380. The van der Waals surface area contributed by atoms with Gasteiger partial charge in [-0.05, 0) is 59.9 Å². The highest BCUT2D eigenvalue weighted by atomic mass is 32.2. The van der Waals surface area contributed by atoms with Crippen LogP contribution in [0.25, 0.3) is 0 Å². The van der Waals surface area contributed by atoms with E-state index in [1.807, 2.05) is 73.3 Å². The van der Waals surface area contributed by atoms with Crippen LogP contribution in [0.2, 0.25) is 0 Å². The van der Waals surface area contributed by atoms with Gasteiger partial charge >= 0.3 is 5.97 Å². The fourth-order valence-electron chi connectivity index (χ4n) is 4.06. The normalized spacial score (nSPS) is 11.6. The van der Waals surface area contributed by atoms with Gasteiger partial charge in [0.1, 0.15) is 0 Å². The summed E-state index contributed by atoms with van der Waals surface area (Å²) < 4.78 is 0. The van der Waals surface area contributed by atoms with Crippen molar-refractivity contribution < 1.29 is 14.7 Å². The molecule has 0 aliphatic carbocycles. The van der Waals surface area contributed by atoms with Gasteiger partial charge in [0.15, 0.2) is 0 Å². The van der Waals surface area contributed by atoms with E-state index in [2.05, 4.69) is 41.7 Å². The maximum Gasteiger partial charge on any atom is 0.335 e. The van der Waals surface area contributed by atoms with Gasteiger partial charge in [0, 0.05) is 22.8 Å². The SMILES string of the molecule is CC(C(=O)Nc1ccccc1Cc1ccccc1C(=O)O)c1ccc(SCCc2ccccc2)cc1. The van der Waals surface area contributed by atoms with E-state index in [9.17, 15) is 14.7 Å². The molecule has 1 amide bonds. The molecule has 4 aromatic rings. The third-order valence-corrected chi connectivity index (χ3v) is 7.19. The lowest BCUT2D eigenvalue weighted by atomic mass is 9.97. The summed E-state index contributed by atoms with van der Waals surface area (Å²) >= 11 is 1.81. The molecule has 0 radical (unpaired) electrons. The average molecular weight is 496 g/mol. The van der Waals surface area contributed by atoms with E-state index in [0.717, 1.165) is 23.3 Å². The van der Waals surface area contributed by atoms with Gasteiger partial charge in [-0.25, -0.2) is 4.79 Å². The molecular weight excluding hydrogens is 466 g/mol. The molecule has 5 heteroatoms. The average Bonchev–Trinajstić information content (AvgIpc) is 2.90. The standard InChI is InChI=1S/C31H29NO3S/c1-22(24-15-17-27(18-16-24)36-20-19-23-9-3-2-4-10-23)30(33)32-29-14-8-6-12-26(29)21-25-11-5-7-13-28(25)31(34)35/h2-18,22H,19-21H2,1H3,(H,32,33)(H,34,35). The first kappa shape index (κ1) is 25.3. The van der Waals surface area contributed by atoms with Crippen LogP contribution in [0.5, 0.6) is 0 Å². The maximum atomic E-state index is 13.1. The monoisotopic (exact) mass is 495 g/mol. The molecule has 4 rings (SSSR count). The molecule has 1 unspecified atom stereocenters. The predicted octanol–water partition coefficient (Wildman–Crippen LogP) is 7.05. The first-order valence-corrected chi connectivity index (χ1v) is 13.0. The third kappa shape index (κ3) is 6.64. The van der Waals surface area contributed by atoms with E-state index >= 15 is 0 Å². The number of rotatable bonds is 10. The molecule has 0 aliphatic heterocycles. The van der Waals surface area contributed by atoms with Crippen molar-refractivity contribution in [3.63, 3.8) is 0 Å². The van der Waals surface area contributed by atoms with Crippen molar-refractivity contribution in [1.29, 1.82) is 0 Å². The minimum Gasteiger partial charge on any atom is -0.478 e. The summed E-state index contributed by atoms with van der Waals surface area (Å²) in [7, 11) is 0. The second-order valence-corrected chi connectivity index (χ2v) is 9.83. The Morgan fingerprint density at radius 2 is 1.44 bits per heavy atom. The van der Waals surface area contributed by atoms with Crippen molar-refractivity contribution in [2.45, 2.75) is 30.6 Å². The largest absolute Gasteiger partial charge is 0.478 e. The Morgan fingerprint density at radius 1 is 0.806 bits per heavy atom. The van der Waals surface area contributed by atoms with Crippen LogP contribution in [-0.4, -0.2) is 22.7 Å². The van der Waals surface area contributed by atoms with E-state index in [1.165, 1.54) is 10.5 Å². The first-order chi connectivity index (χ1) is 17.5. The molecule has 0 heterocycles. The molecule has 182 valence electrons. The number of aryl methyl sites for hydroxylation is 1. The molecule has 0 fully saturated rings. The molecule has 2 N–H and O–H groups in total. The molecule has 4 aromatic carbocycles. The number of hydrogen-bond donors (Lipinski definition) is 2. The minimum absolute atomic E-state index is 0.0987. The number of anilines is 1. The number of thioether (sulfide) groups is 1. The molecule has 0 saturated carbocycles. The number of hydrogen-bond acceptors (Lipinski definition) is 3. The molecular formula is C31H29NO3S. The smallest absolute Gasteiger partial charge is 0.335 e. The number of carboxylic acid groups (broad SMARTS) is 1.